The van der Waals surface area contributed by atoms with Crippen molar-refractivity contribution in [2.75, 3.05) is 45.1 Å². The summed E-state index contributed by atoms with van der Waals surface area (Å²) < 4.78 is 2.19. The summed E-state index contributed by atoms with van der Waals surface area (Å²) in [6.07, 6.45) is 2.41. The molecule has 0 radical (unpaired) electrons. The van der Waals surface area contributed by atoms with Gasteiger partial charge < -0.3 is 19.7 Å². The van der Waals surface area contributed by atoms with Crippen molar-refractivity contribution < 1.29 is 14.6 Å². The number of amides is 1. The average molecular weight is 345 g/mol. The van der Waals surface area contributed by atoms with Crippen LogP contribution < -0.4 is 15.1 Å². The predicted molar refractivity (Wildman–Crippen MR) is 100 cm³/mol. The first kappa shape index (κ1) is 17.9. The number of aryl methyl sites for hydroxylation is 1. The van der Waals surface area contributed by atoms with E-state index in [4.69, 9.17) is 4.98 Å². The van der Waals surface area contributed by atoms with Crippen LogP contribution >= 0.6 is 0 Å². The molecule has 2 heterocycles. The Hall–Kier alpha value is -1.92. The lowest BCUT2D eigenvalue weighted by atomic mass is 10.2. The number of carbonyl (C=O) groups is 1. The van der Waals surface area contributed by atoms with Crippen LogP contribution in [0.1, 0.15) is 25.6 Å². The first-order chi connectivity index (χ1) is 12.1. The van der Waals surface area contributed by atoms with E-state index >= 15 is 0 Å². The molecule has 3 rings (SSSR count). The van der Waals surface area contributed by atoms with Gasteiger partial charge in [0.15, 0.2) is 0 Å². The fourth-order valence-electron chi connectivity index (χ4n) is 3.57. The maximum Gasteiger partial charge on any atom is 0.224 e. The number of imidazole rings is 1. The van der Waals surface area contributed by atoms with Crippen molar-refractivity contribution in [3.63, 3.8) is 0 Å². The van der Waals surface area contributed by atoms with Gasteiger partial charge in [-0.05, 0) is 24.6 Å². The molecule has 0 saturated carbocycles. The van der Waals surface area contributed by atoms with E-state index in [1.54, 1.807) is 9.80 Å². The number of benzene rings is 1. The van der Waals surface area contributed by atoms with Crippen LogP contribution in [0.3, 0.4) is 0 Å². The summed E-state index contributed by atoms with van der Waals surface area (Å²) in [6, 6.07) is 6.01. The van der Waals surface area contributed by atoms with Crippen molar-refractivity contribution in [2.24, 2.45) is 7.05 Å². The largest absolute Gasteiger partial charge is 0.331 e. The molecule has 1 aliphatic heterocycles. The van der Waals surface area contributed by atoms with E-state index in [1.807, 2.05) is 19.1 Å². The standard InChI is InChI=1S/C19H29N5O/c1-4-5-19(25)20-15-6-7-17-16(14-15)21-18(23(17)3)8-9-24-12-10-22(2)11-13-24/h6-7,14H,4-5,8-13H2,1-3H3,(H,20,25)/p+2. The monoisotopic (exact) mass is 345 g/mol. The van der Waals surface area contributed by atoms with Gasteiger partial charge in [-0.2, -0.15) is 0 Å². The summed E-state index contributed by atoms with van der Waals surface area (Å²) in [5.74, 6) is 1.20. The number of nitrogens with one attached hydrogen (secondary N) is 3. The van der Waals surface area contributed by atoms with E-state index < -0.39 is 0 Å². The van der Waals surface area contributed by atoms with Crippen LogP contribution in [0.2, 0.25) is 0 Å². The van der Waals surface area contributed by atoms with Gasteiger partial charge in [-0.1, -0.05) is 6.92 Å². The number of aromatic nitrogens is 2. The van der Waals surface area contributed by atoms with Crippen LogP contribution in [0, 0.1) is 0 Å². The fraction of sp³-hybridized carbons (Fsp3) is 0.579. The van der Waals surface area contributed by atoms with Gasteiger partial charge in [0.2, 0.25) is 5.91 Å². The maximum absolute atomic E-state index is 11.8. The molecule has 6 nitrogen and oxygen atoms in total. The Morgan fingerprint density at radius 3 is 2.76 bits per heavy atom. The molecule has 25 heavy (non-hydrogen) atoms. The number of rotatable bonds is 6. The van der Waals surface area contributed by atoms with Crippen LogP contribution in [0.25, 0.3) is 11.0 Å². The Balaban J connectivity index is 1.67. The second-order valence-electron chi connectivity index (χ2n) is 7.30. The average Bonchev–Trinajstić information content (AvgIpc) is 2.90. The van der Waals surface area contributed by atoms with E-state index in [9.17, 15) is 4.79 Å². The highest BCUT2D eigenvalue weighted by Crippen LogP contribution is 2.20. The van der Waals surface area contributed by atoms with Crippen molar-refractivity contribution in [1.29, 1.82) is 0 Å². The molecule has 136 valence electrons. The third-order valence-electron chi connectivity index (χ3n) is 5.25. The van der Waals surface area contributed by atoms with Gasteiger partial charge in [0, 0.05) is 19.2 Å². The molecule has 6 heteroatoms. The minimum Gasteiger partial charge on any atom is -0.331 e. The molecule has 1 aromatic carbocycles. The number of likely N-dealkylation sites (N-methyl/N-ethyl adjacent to an activating group) is 1. The van der Waals surface area contributed by atoms with Gasteiger partial charge in [-0.15, -0.1) is 0 Å². The Bertz CT molecular complexity index is 731. The summed E-state index contributed by atoms with van der Waals surface area (Å²) in [5.41, 5.74) is 2.93. The molecule has 1 saturated heterocycles. The highest BCUT2D eigenvalue weighted by Gasteiger charge is 2.20. The molecule has 0 unspecified atom stereocenters. The quantitative estimate of drug-likeness (QED) is 0.646. The second-order valence-corrected chi connectivity index (χ2v) is 7.30. The molecule has 0 aliphatic carbocycles. The Morgan fingerprint density at radius 1 is 1.28 bits per heavy atom. The van der Waals surface area contributed by atoms with E-state index in [-0.39, 0.29) is 5.91 Å². The van der Waals surface area contributed by atoms with Crippen molar-refractivity contribution >= 4 is 22.6 Å². The fourth-order valence-corrected chi connectivity index (χ4v) is 3.57. The molecule has 3 N–H and O–H groups in total. The topological polar surface area (TPSA) is 55.8 Å². The smallest absolute Gasteiger partial charge is 0.224 e. The van der Waals surface area contributed by atoms with Crippen LogP contribution in [0.4, 0.5) is 5.69 Å². The first-order valence-corrected chi connectivity index (χ1v) is 9.47. The number of carbonyl (C=O) groups excluding carboxylic acids is 1. The van der Waals surface area contributed by atoms with Gasteiger partial charge in [0.05, 0.1) is 31.0 Å². The number of quaternary nitrogens is 2. The van der Waals surface area contributed by atoms with Crippen molar-refractivity contribution in [3.8, 4) is 0 Å². The number of hydrogen-bond donors (Lipinski definition) is 3. The van der Waals surface area contributed by atoms with Gasteiger partial charge >= 0.3 is 0 Å². The summed E-state index contributed by atoms with van der Waals surface area (Å²) in [6.45, 7) is 8.19. The van der Waals surface area contributed by atoms with Crippen molar-refractivity contribution in [2.45, 2.75) is 26.2 Å². The number of nitrogens with zero attached hydrogens (tertiary/aromatic N) is 2. The van der Waals surface area contributed by atoms with Crippen molar-refractivity contribution in [1.82, 2.24) is 9.55 Å². The Labute approximate surface area is 149 Å². The molecule has 1 amide bonds. The zero-order chi connectivity index (χ0) is 17.8. The third kappa shape index (κ3) is 4.38. The molecule has 0 spiro atoms. The predicted octanol–water partition coefficient (Wildman–Crippen LogP) is -0.732. The zero-order valence-electron chi connectivity index (χ0n) is 15.7. The molecule has 1 fully saturated rings. The van der Waals surface area contributed by atoms with Crippen molar-refractivity contribution in [3.05, 3.63) is 24.0 Å². The van der Waals surface area contributed by atoms with Crippen LogP contribution in [-0.2, 0) is 18.3 Å². The summed E-state index contributed by atoms with van der Waals surface area (Å²) in [7, 11) is 4.36. The summed E-state index contributed by atoms with van der Waals surface area (Å²) in [4.78, 5) is 19.9. The van der Waals surface area contributed by atoms with Crippen LogP contribution in [0.15, 0.2) is 18.2 Å². The van der Waals surface area contributed by atoms with Gasteiger partial charge in [0.25, 0.3) is 0 Å². The molecule has 1 aliphatic rings. The number of piperazine rings is 1. The molecular formula is C19H31N5O+2. The molecule has 0 atom stereocenters. The van der Waals surface area contributed by atoms with Crippen LogP contribution in [-0.4, -0.2) is 55.2 Å². The second kappa shape index (κ2) is 7.97. The SMILES string of the molecule is CCCC(=O)Nc1ccc2c(c1)nc(CC[NH+]1CC[NH+](C)CC1)n2C. The molecule has 0 bridgehead atoms. The lowest BCUT2D eigenvalue weighted by Gasteiger charge is -2.27. The lowest BCUT2D eigenvalue weighted by Crippen LogP contribution is -3.27. The minimum atomic E-state index is 0.0683. The summed E-state index contributed by atoms with van der Waals surface area (Å²) >= 11 is 0. The van der Waals surface area contributed by atoms with Crippen LogP contribution in [0.5, 0.6) is 0 Å². The first-order valence-electron chi connectivity index (χ1n) is 9.47. The highest BCUT2D eigenvalue weighted by atomic mass is 16.1. The zero-order valence-corrected chi connectivity index (χ0v) is 15.7. The number of hydrogen-bond acceptors (Lipinski definition) is 2. The minimum absolute atomic E-state index is 0.0683. The Morgan fingerprint density at radius 2 is 2.04 bits per heavy atom. The number of anilines is 1. The number of fused-ring (bicyclic) bond motifs is 1. The molecule has 1 aromatic heterocycles. The van der Waals surface area contributed by atoms with E-state index in [2.05, 4.69) is 30.0 Å². The maximum atomic E-state index is 11.8. The van der Waals surface area contributed by atoms with Gasteiger partial charge in [-0.3, -0.25) is 4.79 Å². The van der Waals surface area contributed by atoms with E-state index in [1.165, 1.54) is 26.2 Å². The Kier molecular flexibility index (Phi) is 5.71. The van der Waals surface area contributed by atoms with E-state index in [0.29, 0.717) is 6.42 Å². The lowest BCUT2D eigenvalue weighted by molar-refractivity contribution is -1.00. The van der Waals surface area contributed by atoms with Gasteiger partial charge in [-0.25, -0.2) is 4.98 Å². The van der Waals surface area contributed by atoms with E-state index in [0.717, 1.165) is 41.9 Å². The van der Waals surface area contributed by atoms with Gasteiger partial charge in [0.1, 0.15) is 32.0 Å². The molecular weight excluding hydrogens is 314 g/mol. The highest BCUT2D eigenvalue weighted by molar-refractivity contribution is 5.93. The normalized spacial score (nSPS) is 20.8. The third-order valence-corrected chi connectivity index (χ3v) is 5.25. The molecule has 2 aromatic rings. The summed E-state index contributed by atoms with van der Waals surface area (Å²) in [5, 5.41) is 2.96.